The highest BCUT2D eigenvalue weighted by atomic mass is 16.5. The van der Waals surface area contributed by atoms with Crippen LogP contribution in [0.4, 0.5) is 0 Å². The summed E-state index contributed by atoms with van der Waals surface area (Å²) in [5.74, 6) is -0.173. The van der Waals surface area contributed by atoms with Crippen molar-refractivity contribution < 1.29 is 10.0 Å². The van der Waals surface area contributed by atoms with E-state index in [1.165, 1.54) is 6.08 Å². The van der Waals surface area contributed by atoms with Crippen LogP contribution in [-0.2, 0) is 4.79 Å². The van der Waals surface area contributed by atoms with Crippen LogP contribution in [0.25, 0.3) is 5.57 Å². The normalized spacial score (nSPS) is 18.3. The van der Waals surface area contributed by atoms with Gasteiger partial charge in [-0.15, -0.1) is 13.2 Å². The van der Waals surface area contributed by atoms with E-state index in [0.29, 0.717) is 17.4 Å². The summed E-state index contributed by atoms with van der Waals surface area (Å²) in [5, 5.41) is 10.4. The average molecular weight is 284 g/mol. The standard InChI is InChI=1S/C15H16N2O2.C2H4/c1-3-12-13(11-8-6-5-7-9-11)10-14(18)17(19)15(12)16-4-2;1-2/h3,5-10,19H,4H2,1-2H3;1-2H2/b12-3-,16-15?;. The van der Waals surface area contributed by atoms with E-state index >= 15 is 0 Å². The lowest BCUT2D eigenvalue weighted by atomic mass is 9.93. The molecule has 2 rings (SSSR count). The van der Waals surface area contributed by atoms with E-state index in [4.69, 9.17) is 0 Å². The molecule has 0 spiro atoms. The van der Waals surface area contributed by atoms with Crippen molar-refractivity contribution >= 4 is 17.3 Å². The van der Waals surface area contributed by atoms with Crippen molar-refractivity contribution in [3.8, 4) is 0 Å². The summed E-state index contributed by atoms with van der Waals surface area (Å²) >= 11 is 0. The van der Waals surface area contributed by atoms with E-state index in [0.717, 1.165) is 16.7 Å². The van der Waals surface area contributed by atoms with Crippen LogP contribution in [0, 0.1) is 0 Å². The highest BCUT2D eigenvalue weighted by Crippen LogP contribution is 2.28. The third kappa shape index (κ3) is 3.55. The molecule has 1 aromatic carbocycles. The number of hydroxylamine groups is 2. The van der Waals surface area contributed by atoms with Gasteiger partial charge in [0.1, 0.15) is 0 Å². The first-order chi connectivity index (χ1) is 10.2. The molecule has 4 nitrogen and oxygen atoms in total. The number of carbonyl (C=O) groups is 1. The van der Waals surface area contributed by atoms with E-state index in [9.17, 15) is 10.0 Å². The Morgan fingerprint density at radius 2 is 1.90 bits per heavy atom. The third-order valence-corrected chi connectivity index (χ3v) is 2.89. The molecule has 1 aromatic rings. The Morgan fingerprint density at radius 1 is 1.29 bits per heavy atom. The largest absolute Gasteiger partial charge is 0.279 e. The molecular formula is C17H20N2O2. The summed E-state index contributed by atoms with van der Waals surface area (Å²) < 4.78 is 0. The van der Waals surface area contributed by atoms with Crippen LogP contribution in [0.5, 0.6) is 0 Å². The van der Waals surface area contributed by atoms with Gasteiger partial charge in [0.05, 0.1) is 0 Å². The molecule has 0 fully saturated rings. The molecule has 0 bridgehead atoms. The lowest BCUT2D eigenvalue weighted by Crippen LogP contribution is -2.37. The second-order valence-corrected chi connectivity index (χ2v) is 4.07. The van der Waals surface area contributed by atoms with Gasteiger partial charge in [-0.05, 0) is 25.0 Å². The van der Waals surface area contributed by atoms with Gasteiger partial charge >= 0.3 is 0 Å². The van der Waals surface area contributed by atoms with E-state index in [1.807, 2.05) is 50.3 Å². The van der Waals surface area contributed by atoms with Crippen LogP contribution in [0.2, 0.25) is 0 Å². The lowest BCUT2D eigenvalue weighted by Gasteiger charge is -2.25. The van der Waals surface area contributed by atoms with Gasteiger partial charge in [0.25, 0.3) is 5.91 Å². The van der Waals surface area contributed by atoms with Crippen molar-refractivity contribution in [1.29, 1.82) is 0 Å². The van der Waals surface area contributed by atoms with Crippen LogP contribution >= 0.6 is 0 Å². The Bertz CT molecular complexity index is 586. The van der Waals surface area contributed by atoms with Crippen molar-refractivity contribution in [2.75, 3.05) is 6.54 Å². The number of nitrogens with zero attached hydrogens (tertiary/aromatic N) is 2. The van der Waals surface area contributed by atoms with Crippen molar-refractivity contribution in [3.05, 3.63) is 66.8 Å². The molecule has 1 aliphatic heterocycles. The minimum atomic E-state index is -0.475. The maximum absolute atomic E-state index is 11.8. The zero-order valence-corrected chi connectivity index (χ0v) is 12.4. The summed E-state index contributed by atoms with van der Waals surface area (Å²) in [6.07, 6.45) is 3.28. The SMILES string of the molecule is C/C=C1/C(c2ccccc2)=CC(=O)N(O)C1=NCC.C=C. The van der Waals surface area contributed by atoms with Gasteiger partial charge in [0.15, 0.2) is 5.84 Å². The van der Waals surface area contributed by atoms with Crippen LogP contribution in [0.3, 0.4) is 0 Å². The average Bonchev–Trinajstić information content (AvgIpc) is 2.54. The Hall–Kier alpha value is -2.46. The molecule has 1 aliphatic rings. The molecule has 21 heavy (non-hydrogen) atoms. The van der Waals surface area contributed by atoms with E-state index < -0.39 is 5.91 Å². The second-order valence-electron chi connectivity index (χ2n) is 4.07. The number of allylic oxidation sites excluding steroid dienone is 1. The molecule has 0 atom stereocenters. The molecule has 110 valence electrons. The second kappa shape index (κ2) is 7.97. The van der Waals surface area contributed by atoms with Gasteiger partial charge in [-0.1, -0.05) is 36.4 Å². The third-order valence-electron chi connectivity index (χ3n) is 2.89. The predicted molar refractivity (Wildman–Crippen MR) is 86.0 cm³/mol. The number of amides is 1. The smallest absolute Gasteiger partial charge is 0.276 e. The highest BCUT2D eigenvalue weighted by molar-refractivity contribution is 6.24. The van der Waals surface area contributed by atoms with Crippen LogP contribution in [-0.4, -0.2) is 28.6 Å². The predicted octanol–water partition coefficient (Wildman–Crippen LogP) is 3.47. The van der Waals surface area contributed by atoms with Crippen LogP contribution < -0.4 is 0 Å². The van der Waals surface area contributed by atoms with E-state index in [2.05, 4.69) is 18.2 Å². The molecule has 1 N–H and O–H groups in total. The fraction of sp³-hybridized carbons (Fsp3) is 0.176. The molecule has 0 saturated carbocycles. The molecule has 0 saturated heterocycles. The quantitative estimate of drug-likeness (QED) is 0.668. The van der Waals surface area contributed by atoms with Crippen molar-refractivity contribution in [2.24, 2.45) is 4.99 Å². The molecular weight excluding hydrogens is 264 g/mol. The number of benzene rings is 1. The van der Waals surface area contributed by atoms with Gasteiger partial charge in [-0.2, -0.15) is 5.06 Å². The van der Waals surface area contributed by atoms with Gasteiger partial charge in [0.2, 0.25) is 0 Å². The summed E-state index contributed by atoms with van der Waals surface area (Å²) in [4.78, 5) is 16.0. The highest BCUT2D eigenvalue weighted by Gasteiger charge is 2.28. The lowest BCUT2D eigenvalue weighted by molar-refractivity contribution is -0.143. The van der Waals surface area contributed by atoms with Crippen molar-refractivity contribution in [3.63, 3.8) is 0 Å². The summed E-state index contributed by atoms with van der Waals surface area (Å²) in [6, 6.07) is 9.60. The minimum Gasteiger partial charge on any atom is -0.279 e. The maximum atomic E-state index is 11.8. The molecule has 1 amide bonds. The van der Waals surface area contributed by atoms with E-state index in [1.54, 1.807) is 0 Å². The van der Waals surface area contributed by atoms with Gasteiger partial charge in [-0.3, -0.25) is 15.0 Å². The zero-order chi connectivity index (χ0) is 15.8. The number of hydrogen-bond acceptors (Lipinski definition) is 3. The fourth-order valence-electron chi connectivity index (χ4n) is 2.04. The Labute approximate surface area is 125 Å². The van der Waals surface area contributed by atoms with Crippen LogP contribution in [0.15, 0.2) is 66.2 Å². The number of hydrogen-bond donors (Lipinski definition) is 1. The van der Waals surface area contributed by atoms with Gasteiger partial charge in [0, 0.05) is 18.2 Å². The summed E-state index contributed by atoms with van der Waals surface area (Å²) in [5.41, 5.74) is 2.47. The van der Waals surface area contributed by atoms with Crippen molar-refractivity contribution in [2.45, 2.75) is 13.8 Å². The first-order valence-electron chi connectivity index (χ1n) is 6.70. The zero-order valence-electron chi connectivity index (χ0n) is 12.4. The minimum absolute atomic E-state index is 0.302. The Balaban J connectivity index is 0.00000106. The first kappa shape index (κ1) is 16.6. The van der Waals surface area contributed by atoms with Crippen molar-refractivity contribution in [1.82, 2.24) is 5.06 Å². The fourth-order valence-corrected chi connectivity index (χ4v) is 2.04. The summed E-state index contributed by atoms with van der Waals surface area (Å²) in [6.45, 7) is 10.2. The molecule has 0 radical (unpaired) electrons. The molecule has 0 aromatic heterocycles. The molecule has 1 heterocycles. The topological polar surface area (TPSA) is 52.9 Å². The van der Waals surface area contributed by atoms with E-state index in [-0.39, 0.29) is 0 Å². The monoisotopic (exact) mass is 284 g/mol. The summed E-state index contributed by atoms with van der Waals surface area (Å²) in [7, 11) is 0. The number of aliphatic imine (C=N–C) groups is 1. The first-order valence-corrected chi connectivity index (χ1v) is 6.70. The van der Waals surface area contributed by atoms with Gasteiger partial charge in [-0.25, -0.2) is 0 Å². The van der Waals surface area contributed by atoms with Gasteiger partial charge < -0.3 is 0 Å². The molecule has 0 unspecified atom stereocenters. The van der Waals surface area contributed by atoms with Crippen LogP contribution in [0.1, 0.15) is 19.4 Å². The molecule has 0 aliphatic carbocycles. The number of carbonyl (C=O) groups excluding carboxylic acids is 1. The number of rotatable bonds is 2. The number of amidine groups is 1. The Morgan fingerprint density at radius 3 is 2.43 bits per heavy atom. The maximum Gasteiger partial charge on any atom is 0.276 e. The Kier molecular flexibility index (Phi) is 6.30. The molecule has 4 heteroatoms.